The molecule has 1 aliphatic rings. The topological polar surface area (TPSA) is 102 Å². The Kier molecular flexibility index (Phi) is 5.60. The van der Waals surface area contributed by atoms with Crippen LogP contribution < -0.4 is 10.6 Å². The number of rotatable bonds is 5. The zero-order chi connectivity index (χ0) is 18.5. The number of aromatic nitrogens is 4. The van der Waals surface area contributed by atoms with E-state index < -0.39 is 0 Å². The van der Waals surface area contributed by atoms with E-state index in [1.807, 2.05) is 11.5 Å². The van der Waals surface area contributed by atoms with Gasteiger partial charge in [0.1, 0.15) is 23.9 Å². The molecule has 26 heavy (non-hydrogen) atoms. The fourth-order valence-electron chi connectivity index (χ4n) is 3.29. The minimum atomic E-state index is -0.193. The minimum absolute atomic E-state index is 0.0329. The number of hydrogen-bond donors (Lipinski definition) is 2. The van der Waals surface area contributed by atoms with Crippen molar-refractivity contribution < 1.29 is 9.59 Å². The van der Waals surface area contributed by atoms with E-state index in [0.29, 0.717) is 11.5 Å². The zero-order valence-electron chi connectivity index (χ0n) is 15.1. The molecule has 0 saturated heterocycles. The molecule has 3 rings (SSSR count). The molecule has 0 bridgehead atoms. The number of carbonyl (C=O) groups is 2. The van der Waals surface area contributed by atoms with E-state index in [9.17, 15) is 9.59 Å². The van der Waals surface area contributed by atoms with Crippen LogP contribution in [0.25, 0.3) is 0 Å². The minimum Gasteiger partial charge on any atom is -0.352 e. The smallest absolute Gasteiger partial charge is 0.270 e. The van der Waals surface area contributed by atoms with Crippen LogP contribution >= 0.6 is 0 Å². The molecule has 0 radical (unpaired) electrons. The molecule has 2 N–H and O–H groups in total. The van der Waals surface area contributed by atoms with Gasteiger partial charge >= 0.3 is 0 Å². The van der Waals surface area contributed by atoms with Crippen molar-refractivity contribution in [1.29, 1.82) is 0 Å². The van der Waals surface area contributed by atoms with Crippen molar-refractivity contribution in [3.05, 3.63) is 42.0 Å². The summed E-state index contributed by atoms with van der Waals surface area (Å²) in [6.45, 7) is 3.89. The van der Waals surface area contributed by atoms with Gasteiger partial charge in [-0.2, -0.15) is 0 Å². The van der Waals surface area contributed by atoms with E-state index >= 15 is 0 Å². The quantitative estimate of drug-likeness (QED) is 0.837. The summed E-state index contributed by atoms with van der Waals surface area (Å²) in [5.74, 6) is 1.16. The molecule has 1 aliphatic carbocycles. The van der Waals surface area contributed by atoms with Crippen molar-refractivity contribution >= 4 is 11.8 Å². The molecule has 8 nitrogen and oxygen atoms in total. The van der Waals surface area contributed by atoms with Crippen molar-refractivity contribution in [2.24, 2.45) is 0 Å². The van der Waals surface area contributed by atoms with Crippen molar-refractivity contribution in [1.82, 2.24) is 30.2 Å². The second-order valence-corrected chi connectivity index (χ2v) is 6.69. The monoisotopic (exact) mass is 356 g/mol. The van der Waals surface area contributed by atoms with Gasteiger partial charge in [-0.1, -0.05) is 0 Å². The van der Waals surface area contributed by atoms with Crippen molar-refractivity contribution in [2.75, 3.05) is 0 Å². The molecular formula is C18H24N6O2. The maximum Gasteiger partial charge on any atom is 0.270 e. The Balaban J connectivity index is 1.51. The third-order valence-corrected chi connectivity index (χ3v) is 4.62. The van der Waals surface area contributed by atoms with E-state index in [4.69, 9.17) is 0 Å². The van der Waals surface area contributed by atoms with Crippen LogP contribution in [-0.4, -0.2) is 43.4 Å². The molecule has 2 atom stereocenters. The third kappa shape index (κ3) is 4.65. The van der Waals surface area contributed by atoms with Crippen LogP contribution in [0.5, 0.6) is 0 Å². The molecule has 2 aromatic rings. The second-order valence-electron chi connectivity index (χ2n) is 6.69. The van der Waals surface area contributed by atoms with Gasteiger partial charge in [-0.05, 0) is 45.6 Å². The van der Waals surface area contributed by atoms with Crippen LogP contribution in [0.3, 0.4) is 0 Å². The third-order valence-electron chi connectivity index (χ3n) is 4.62. The second kappa shape index (κ2) is 8.07. The summed E-state index contributed by atoms with van der Waals surface area (Å²) in [5, 5.41) is 6.10. The molecule has 0 aromatic carbocycles. The number of nitrogens with one attached hydrogen (secondary N) is 2. The van der Waals surface area contributed by atoms with Gasteiger partial charge in [-0.25, -0.2) is 15.0 Å². The maximum absolute atomic E-state index is 12.3. The molecule has 0 spiro atoms. The average molecular weight is 356 g/mol. The Morgan fingerprint density at radius 2 is 1.92 bits per heavy atom. The molecule has 2 heterocycles. The predicted molar refractivity (Wildman–Crippen MR) is 95.4 cm³/mol. The Morgan fingerprint density at radius 1 is 1.15 bits per heavy atom. The SMILES string of the molecule is Cc1nccc(C(=O)N[C@@H]2CCC[C@@H](NC(=O)Cn3ccnc3C)C2)n1. The van der Waals surface area contributed by atoms with Crippen LogP contribution in [-0.2, 0) is 11.3 Å². The van der Waals surface area contributed by atoms with Crippen LogP contribution in [0.1, 0.15) is 47.8 Å². The van der Waals surface area contributed by atoms with Gasteiger partial charge in [0.15, 0.2) is 0 Å². The van der Waals surface area contributed by atoms with E-state index in [1.165, 1.54) is 0 Å². The fraction of sp³-hybridized carbons (Fsp3) is 0.500. The van der Waals surface area contributed by atoms with Crippen LogP contribution in [0.4, 0.5) is 0 Å². The normalized spacial score (nSPS) is 19.8. The lowest BCUT2D eigenvalue weighted by molar-refractivity contribution is -0.122. The molecule has 1 fully saturated rings. The molecule has 2 aromatic heterocycles. The summed E-state index contributed by atoms with van der Waals surface area (Å²) in [7, 11) is 0. The first-order valence-electron chi connectivity index (χ1n) is 8.89. The number of aryl methyl sites for hydroxylation is 2. The first kappa shape index (κ1) is 18.0. The van der Waals surface area contributed by atoms with Gasteiger partial charge in [-0.15, -0.1) is 0 Å². The standard InChI is InChI=1S/C18H24N6O2/c1-12-19-7-6-16(21-12)18(26)23-15-5-3-4-14(10-15)22-17(25)11-24-9-8-20-13(24)2/h6-9,14-15H,3-5,10-11H2,1-2H3,(H,22,25)(H,23,26)/t14-,15-/m1/s1. The highest BCUT2D eigenvalue weighted by molar-refractivity contribution is 5.92. The molecule has 1 saturated carbocycles. The number of carbonyl (C=O) groups excluding carboxylic acids is 2. The van der Waals surface area contributed by atoms with E-state index in [-0.39, 0.29) is 30.4 Å². The van der Waals surface area contributed by atoms with E-state index in [0.717, 1.165) is 31.5 Å². The Hall–Kier alpha value is -2.77. The van der Waals surface area contributed by atoms with Crippen molar-refractivity contribution in [2.45, 2.75) is 58.2 Å². The van der Waals surface area contributed by atoms with Gasteiger partial charge in [0.05, 0.1) is 0 Å². The van der Waals surface area contributed by atoms with E-state index in [2.05, 4.69) is 25.6 Å². The lowest BCUT2D eigenvalue weighted by Gasteiger charge is -2.30. The van der Waals surface area contributed by atoms with Crippen molar-refractivity contribution in [3.63, 3.8) is 0 Å². The summed E-state index contributed by atoms with van der Waals surface area (Å²) in [5.41, 5.74) is 0.374. The first-order chi connectivity index (χ1) is 12.5. The van der Waals surface area contributed by atoms with Crippen LogP contribution in [0.2, 0.25) is 0 Å². The molecule has 0 aliphatic heterocycles. The van der Waals surface area contributed by atoms with Gasteiger partial charge in [0.2, 0.25) is 5.91 Å². The largest absolute Gasteiger partial charge is 0.352 e. The van der Waals surface area contributed by atoms with Gasteiger partial charge in [-0.3, -0.25) is 9.59 Å². The average Bonchev–Trinajstić information content (AvgIpc) is 3.00. The summed E-state index contributed by atoms with van der Waals surface area (Å²) >= 11 is 0. The van der Waals surface area contributed by atoms with Gasteiger partial charge in [0, 0.05) is 30.7 Å². The predicted octanol–water partition coefficient (Wildman–Crippen LogP) is 1.15. The fourth-order valence-corrected chi connectivity index (χ4v) is 3.29. The number of amides is 2. The first-order valence-corrected chi connectivity index (χ1v) is 8.89. The Morgan fingerprint density at radius 3 is 2.62 bits per heavy atom. The lowest BCUT2D eigenvalue weighted by Crippen LogP contribution is -2.46. The highest BCUT2D eigenvalue weighted by Gasteiger charge is 2.25. The number of nitrogens with zero attached hydrogens (tertiary/aromatic N) is 4. The van der Waals surface area contributed by atoms with E-state index in [1.54, 1.807) is 31.6 Å². The molecule has 0 unspecified atom stereocenters. The molecule has 8 heteroatoms. The highest BCUT2D eigenvalue weighted by atomic mass is 16.2. The Bertz CT molecular complexity index is 787. The number of imidazole rings is 1. The van der Waals surface area contributed by atoms with Crippen LogP contribution in [0, 0.1) is 13.8 Å². The molecule has 138 valence electrons. The maximum atomic E-state index is 12.3. The van der Waals surface area contributed by atoms with Gasteiger partial charge in [0.25, 0.3) is 5.91 Å². The number of hydrogen-bond acceptors (Lipinski definition) is 5. The Labute approximate surface area is 152 Å². The van der Waals surface area contributed by atoms with Crippen LogP contribution in [0.15, 0.2) is 24.7 Å². The lowest BCUT2D eigenvalue weighted by atomic mass is 9.91. The zero-order valence-corrected chi connectivity index (χ0v) is 15.1. The van der Waals surface area contributed by atoms with Gasteiger partial charge < -0.3 is 15.2 Å². The molecular weight excluding hydrogens is 332 g/mol. The summed E-state index contributed by atoms with van der Waals surface area (Å²) in [6.07, 6.45) is 8.58. The highest BCUT2D eigenvalue weighted by Crippen LogP contribution is 2.19. The molecule has 2 amide bonds. The summed E-state index contributed by atoms with van der Waals surface area (Å²) < 4.78 is 1.81. The summed E-state index contributed by atoms with van der Waals surface area (Å²) in [4.78, 5) is 36.9. The summed E-state index contributed by atoms with van der Waals surface area (Å²) in [6, 6.07) is 1.71. The van der Waals surface area contributed by atoms with Crippen molar-refractivity contribution in [3.8, 4) is 0 Å².